The van der Waals surface area contributed by atoms with Crippen molar-refractivity contribution in [1.82, 2.24) is 15.0 Å². The molecule has 6 nitrogen and oxygen atoms in total. The maximum atomic E-state index is 12.6. The molecule has 1 saturated heterocycles. The molecule has 23 heavy (non-hydrogen) atoms. The first-order valence-corrected chi connectivity index (χ1v) is 7.47. The third-order valence-corrected chi connectivity index (χ3v) is 4.28. The van der Waals surface area contributed by atoms with Crippen LogP contribution in [0.25, 0.3) is 0 Å². The van der Waals surface area contributed by atoms with Crippen LogP contribution in [0.15, 0.2) is 64.1 Å². The Balaban J connectivity index is 1.65. The van der Waals surface area contributed by atoms with Gasteiger partial charge in [0.1, 0.15) is 0 Å². The van der Waals surface area contributed by atoms with Gasteiger partial charge in [0.05, 0.1) is 6.26 Å². The van der Waals surface area contributed by atoms with Crippen molar-refractivity contribution in [3.05, 3.63) is 72.3 Å². The SMILES string of the molecule is O=C(c1ccco1)N1CC(c2ccccc2)C(c2ncon2)C1. The minimum Gasteiger partial charge on any atom is -0.459 e. The van der Waals surface area contributed by atoms with Crippen LogP contribution >= 0.6 is 0 Å². The Hall–Kier alpha value is -2.89. The molecule has 0 saturated carbocycles. The second-order valence-electron chi connectivity index (χ2n) is 5.60. The predicted molar refractivity (Wildman–Crippen MR) is 80.8 cm³/mol. The molecule has 6 heteroatoms. The number of hydrogen-bond donors (Lipinski definition) is 0. The van der Waals surface area contributed by atoms with Crippen LogP contribution in [-0.4, -0.2) is 34.0 Å². The zero-order chi connectivity index (χ0) is 15.6. The number of carbonyl (C=O) groups is 1. The molecule has 0 spiro atoms. The van der Waals surface area contributed by atoms with Crippen molar-refractivity contribution < 1.29 is 13.7 Å². The summed E-state index contributed by atoms with van der Waals surface area (Å²) in [4.78, 5) is 18.5. The Labute approximate surface area is 132 Å². The summed E-state index contributed by atoms with van der Waals surface area (Å²) in [6.45, 7) is 1.14. The van der Waals surface area contributed by atoms with E-state index in [1.54, 1.807) is 17.0 Å². The molecule has 3 aromatic rings. The number of aromatic nitrogens is 2. The van der Waals surface area contributed by atoms with Crippen molar-refractivity contribution in [2.45, 2.75) is 11.8 Å². The highest BCUT2D eigenvalue weighted by Gasteiger charge is 2.40. The summed E-state index contributed by atoms with van der Waals surface area (Å²) < 4.78 is 10.1. The number of benzene rings is 1. The average Bonchev–Trinajstić information content (AvgIpc) is 3.35. The third kappa shape index (κ3) is 2.52. The Bertz CT molecular complexity index is 769. The monoisotopic (exact) mass is 309 g/mol. The molecule has 1 aromatic carbocycles. The molecule has 2 unspecified atom stereocenters. The van der Waals surface area contributed by atoms with Gasteiger partial charge in [-0.1, -0.05) is 35.5 Å². The molecule has 2 aromatic heterocycles. The summed E-state index contributed by atoms with van der Waals surface area (Å²) in [6.07, 6.45) is 2.84. The van der Waals surface area contributed by atoms with E-state index in [1.165, 1.54) is 12.7 Å². The summed E-state index contributed by atoms with van der Waals surface area (Å²) >= 11 is 0. The summed E-state index contributed by atoms with van der Waals surface area (Å²) in [5.41, 5.74) is 1.16. The number of hydrogen-bond acceptors (Lipinski definition) is 5. The summed E-state index contributed by atoms with van der Waals surface area (Å²) in [5.74, 6) is 1.02. The van der Waals surface area contributed by atoms with Gasteiger partial charge in [-0.25, -0.2) is 0 Å². The van der Waals surface area contributed by atoms with E-state index in [2.05, 4.69) is 22.3 Å². The molecule has 1 fully saturated rings. The first kappa shape index (κ1) is 13.8. The molecule has 1 aliphatic rings. The molecule has 0 radical (unpaired) electrons. The van der Waals surface area contributed by atoms with Crippen LogP contribution in [-0.2, 0) is 0 Å². The maximum absolute atomic E-state index is 12.6. The summed E-state index contributed by atoms with van der Waals surface area (Å²) in [5, 5.41) is 3.98. The number of nitrogens with zero attached hydrogens (tertiary/aromatic N) is 3. The highest BCUT2D eigenvalue weighted by Crippen LogP contribution is 2.38. The minimum absolute atomic E-state index is 0.00932. The van der Waals surface area contributed by atoms with Crippen LogP contribution in [0.2, 0.25) is 0 Å². The van der Waals surface area contributed by atoms with E-state index >= 15 is 0 Å². The lowest BCUT2D eigenvalue weighted by Gasteiger charge is -2.15. The molecule has 1 amide bonds. The van der Waals surface area contributed by atoms with Crippen LogP contribution in [0.4, 0.5) is 0 Å². The quantitative estimate of drug-likeness (QED) is 0.744. The summed E-state index contributed by atoms with van der Waals surface area (Å²) in [6, 6.07) is 13.5. The van der Waals surface area contributed by atoms with Gasteiger partial charge in [-0.3, -0.25) is 4.79 Å². The standard InChI is InChI=1S/C17H15N3O3/c21-17(15-7-4-8-22-15)20-9-13(12-5-2-1-3-6-12)14(10-20)16-18-11-23-19-16/h1-8,11,13-14H,9-10H2. The lowest BCUT2D eigenvalue weighted by atomic mass is 9.88. The second kappa shape index (κ2) is 5.72. The van der Waals surface area contributed by atoms with Crippen molar-refractivity contribution in [2.24, 2.45) is 0 Å². The minimum atomic E-state index is -0.109. The van der Waals surface area contributed by atoms with Crippen LogP contribution < -0.4 is 0 Å². The van der Waals surface area contributed by atoms with Crippen LogP contribution in [0, 0.1) is 0 Å². The molecule has 116 valence electrons. The molecule has 0 bridgehead atoms. The molecule has 0 N–H and O–H groups in total. The highest BCUT2D eigenvalue weighted by atomic mass is 16.5. The fourth-order valence-corrected chi connectivity index (χ4v) is 3.17. The van der Waals surface area contributed by atoms with E-state index in [4.69, 9.17) is 8.94 Å². The van der Waals surface area contributed by atoms with Gasteiger partial charge in [0.15, 0.2) is 11.6 Å². The lowest BCUT2D eigenvalue weighted by molar-refractivity contribution is 0.0757. The van der Waals surface area contributed by atoms with Crippen LogP contribution in [0.1, 0.15) is 33.8 Å². The van der Waals surface area contributed by atoms with Crippen LogP contribution in [0.5, 0.6) is 0 Å². The fourth-order valence-electron chi connectivity index (χ4n) is 3.17. The normalized spacial score (nSPS) is 20.8. The Morgan fingerprint density at radius 1 is 1.09 bits per heavy atom. The maximum Gasteiger partial charge on any atom is 0.289 e. The zero-order valence-electron chi connectivity index (χ0n) is 12.3. The third-order valence-electron chi connectivity index (χ3n) is 4.28. The van der Waals surface area contributed by atoms with Gasteiger partial charge in [-0.2, -0.15) is 4.98 Å². The molecule has 2 atom stereocenters. The van der Waals surface area contributed by atoms with E-state index in [0.29, 0.717) is 24.7 Å². The highest BCUT2D eigenvalue weighted by molar-refractivity contribution is 5.91. The zero-order valence-corrected chi connectivity index (χ0v) is 12.3. The molecule has 3 heterocycles. The average molecular weight is 309 g/mol. The van der Waals surface area contributed by atoms with Crippen molar-refractivity contribution in [1.29, 1.82) is 0 Å². The van der Waals surface area contributed by atoms with E-state index < -0.39 is 0 Å². The van der Waals surface area contributed by atoms with E-state index in [0.717, 1.165) is 5.56 Å². The lowest BCUT2D eigenvalue weighted by Crippen LogP contribution is -2.28. The number of likely N-dealkylation sites (tertiary alicyclic amines) is 1. The van der Waals surface area contributed by atoms with E-state index in [1.807, 2.05) is 18.2 Å². The molecular weight excluding hydrogens is 294 g/mol. The summed E-state index contributed by atoms with van der Waals surface area (Å²) in [7, 11) is 0. The van der Waals surface area contributed by atoms with Crippen molar-refractivity contribution in [2.75, 3.05) is 13.1 Å². The van der Waals surface area contributed by atoms with Gasteiger partial charge in [-0.15, -0.1) is 0 Å². The van der Waals surface area contributed by atoms with Gasteiger partial charge >= 0.3 is 0 Å². The predicted octanol–water partition coefficient (Wildman–Crippen LogP) is 2.69. The molecule has 4 rings (SSSR count). The van der Waals surface area contributed by atoms with Gasteiger partial charge in [-0.05, 0) is 17.7 Å². The van der Waals surface area contributed by atoms with Gasteiger partial charge in [0.25, 0.3) is 5.91 Å². The number of furan rings is 1. The topological polar surface area (TPSA) is 72.4 Å². The van der Waals surface area contributed by atoms with E-state index in [-0.39, 0.29) is 17.7 Å². The molecular formula is C17H15N3O3. The number of rotatable bonds is 3. The smallest absolute Gasteiger partial charge is 0.289 e. The second-order valence-corrected chi connectivity index (χ2v) is 5.60. The van der Waals surface area contributed by atoms with Crippen molar-refractivity contribution >= 4 is 5.91 Å². The van der Waals surface area contributed by atoms with Crippen molar-refractivity contribution in [3.63, 3.8) is 0 Å². The Kier molecular flexibility index (Phi) is 3.42. The van der Waals surface area contributed by atoms with Gasteiger partial charge < -0.3 is 13.8 Å². The number of carbonyl (C=O) groups excluding carboxylic acids is 1. The van der Waals surface area contributed by atoms with E-state index in [9.17, 15) is 4.79 Å². The van der Waals surface area contributed by atoms with Gasteiger partial charge in [0.2, 0.25) is 6.39 Å². The molecule has 1 aliphatic heterocycles. The van der Waals surface area contributed by atoms with Crippen LogP contribution in [0.3, 0.4) is 0 Å². The Morgan fingerprint density at radius 3 is 2.61 bits per heavy atom. The molecule has 0 aliphatic carbocycles. The number of amides is 1. The van der Waals surface area contributed by atoms with Crippen molar-refractivity contribution in [3.8, 4) is 0 Å². The fraction of sp³-hybridized carbons (Fsp3) is 0.235. The Morgan fingerprint density at radius 2 is 1.91 bits per heavy atom. The first-order valence-electron chi connectivity index (χ1n) is 7.47. The largest absolute Gasteiger partial charge is 0.459 e. The van der Waals surface area contributed by atoms with Gasteiger partial charge in [0, 0.05) is 24.9 Å². The first-order chi connectivity index (χ1) is 11.3.